The number of rotatable bonds is 4. The molecule has 0 amide bonds. The van der Waals surface area contributed by atoms with Crippen LogP contribution in [0.4, 0.5) is 18.9 Å². The van der Waals surface area contributed by atoms with Crippen molar-refractivity contribution in [3.8, 4) is 5.75 Å². The predicted octanol–water partition coefficient (Wildman–Crippen LogP) is 5.85. The van der Waals surface area contributed by atoms with Gasteiger partial charge >= 0.3 is 6.36 Å². The van der Waals surface area contributed by atoms with Crippen molar-refractivity contribution >= 4 is 35.5 Å². The van der Waals surface area contributed by atoms with Crippen molar-refractivity contribution in [1.82, 2.24) is 4.67 Å². The summed E-state index contributed by atoms with van der Waals surface area (Å²) in [6.45, 7) is 9.24. The summed E-state index contributed by atoms with van der Waals surface area (Å²) in [6, 6.07) is 15.6. The molecule has 10 heteroatoms. The van der Waals surface area contributed by atoms with Crippen LogP contribution >= 0.6 is 19.4 Å². The number of anilines is 1. The molecular weight excluding hydrogens is 458 g/mol. The van der Waals surface area contributed by atoms with Crippen LogP contribution in [-0.4, -0.2) is 47.6 Å². The van der Waals surface area contributed by atoms with Crippen molar-refractivity contribution in [3.05, 3.63) is 54.6 Å². The highest BCUT2D eigenvalue weighted by molar-refractivity contribution is 7.82. The first-order chi connectivity index (χ1) is 15.0. The summed E-state index contributed by atoms with van der Waals surface area (Å²) in [5.41, 5.74) is 0.537. The van der Waals surface area contributed by atoms with Crippen LogP contribution in [0.1, 0.15) is 20.8 Å². The van der Waals surface area contributed by atoms with Gasteiger partial charge in [0.2, 0.25) is 0 Å². The summed E-state index contributed by atoms with van der Waals surface area (Å²) < 4.78 is 54.3. The van der Waals surface area contributed by atoms with E-state index in [4.69, 9.17) is 21.7 Å². The van der Waals surface area contributed by atoms with E-state index in [1.165, 1.54) is 24.3 Å². The Morgan fingerprint density at radius 2 is 1.62 bits per heavy atom. The van der Waals surface area contributed by atoms with Crippen LogP contribution in [0.5, 0.6) is 5.75 Å². The topological polar surface area (TPSA) is 46.1 Å². The number of nitrogens with zero attached hydrogens (tertiary/aromatic N) is 2. The standard InChI is InChI=1S/C22H27F3N3O2PS/c1-21(2,3)31(19-7-5-4-6-8-19,28-13-15-29-16-14-28)27-20(32)26-17-9-11-18(12-10-17)30-22(23,24)25/h4-12H,13-16H2,1-3H3,(H,26,32). The third kappa shape index (κ3) is 5.90. The zero-order valence-electron chi connectivity index (χ0n) is 18.2. The Morgan fingerprint density at radius 3 is 2.16 bits per heavy atom. The van der Waals surface area contributed by atoms with E-state index in [1.54, 1.807) is 0 Å². The Kier molecular flexibility index (Phi) is 7.65. The Hall–Kier alpha value is -1.93. The molecule has 174 valence electrons. The summed E-state index contributed by atoms with van der Waals surface area (Å²) in [5.74, 6) is -0.292. The van der Waals surface area contributed by atoms with Crippen LogP contribution in [-0.2, 0) is 4.74 Å². The van der Waals surface area contributed by atoms with E-state index in [1.807, 2.05) is 18.2 Å². The average molecular weight is 486 g/mol. The first-order valence-corrected chi connectivity index (χ1v) is 12.3. The van der Waals surface area contributed by atoms with E-state index in [0.29, 0.717) is 18.9 Å². The highest BCUT2D eigenvalue weighted by Crippen LogP contribution is 2.62. The SMILES string of the molecule is CC(C)(C)P(=NC(=S)Nc1ccc(OC(F)(F)F)cc1)(c1ccccc1)N1CCOCC1. The first kappa shape index (κ1) is 24.7. The second kappa shape index (κ2) is 9.91. The maximum atomic E-state index is 12.4. The van der Waals surface area contributed by atoms with Gasteiger partial charge in [-0.05, 0) is 36.5 Å². The molecule has 3 rings (SSSR count). The Balaban J connectivity index is 1.97. The van der Waals surface area contributed by atoms with Gasteiger partial charge in [0.15, 0.2) is 5.11 Å². The van der Waals surface area contributed by atoms with Gasteiger partial charge in [-0.2, -0.15) is 0 Å². The van der Waals surface area contributed by atoms with Gasteiger partial charge in [0.05, 0.1) is 20.4 Å². The van der Waals surface area contributed by atoms with Gasteiger partial charge < -0.3 is 14.8 Å². The lowest BCUT2D eigenvalue weighted by atomic mass is 10.3. The summed E-state index contributed by atoms with van der Waals surface area (Å²) in [4.78, 5) is 0. The molecule has 0 aliphatic carbocycles. The minimum atomic E-state index is -4.73. The molecular formula is C22H27F3N3O2PS. The molecule has 1 saturated heterocycles. The molecule has 1 N–H and O–H groups in total. The van der Waals surface area contributed by atoms with Gasteiger partial charge in [-0.3, -0.25) is 4.67 Å². The van der Waals surface area contributed by atoms with Gasteiger partial charge in [-0.15, -0.1) is 13.2 Å². The molecule has 5 nitrogen and oxygen atoms in total. The lowest BCUT2D eigenvalue weighted by Gasteiger charge is -2.46. The second-order valence-electron chi connectivity index (χ2n) is 8.28. The van der Waals surface area contributed by atoms with E-state index in [0.717, 1.165) is 18.4 Å². The number of hydrogen-bond donors (Lipinski definition) is 1. The van der Waals surface area contributed by atoms with E-state index >= 15 is 0 Å². The minimum Gasteiger partial charge on any atom is -0.406 e. The molecule has 0 bridgehead atoms. The summed E-state index contributed by atoms with van der Waals surface area (Å²) in [5, 5.41) is 4.25. The van der Waals surface area contributed by atoms with E-state index < -0.39 is 13.6 Å². The molecule has 2 aromatic rings. The predicted molar refractivity (Wildman–Crippen MR) is 127 cm³/mol. The summed E-state index contributed by atoms with van der Waals surface area (Å²) >= 11 is 5.62. The van der Waals surface area contributed by atoms with Gasteiger partial charge in [-0.1, -0.05) is 51.1 Å². The number of morpholine rings is 1. The van der Waals surface area contributed by atoms with Crippen LogP contribution < -0.4 is 15.4 Å². The molecule has 0 saturated carbocycles. The number of nitrogens with one attached hydrogen (secondary N) is 1. The van der Waals surface area contributed by atoms with Crippen molar-refractivity contribution in [2.24, 2.45) is 4.74 Å². The minimum absolute atomic E-state index is 0.220. The molecule has 1 aliphatic heterocycles. The Bertz CT molecular complexity index is 971. The van der Waals surface area contributed by atoms with Crippen LogP contribution in [0.2, 0.25) is 0 Å². The monoisotopic (exact) mass is 485 g/mol. The molecule has 0 spiro atoms. The van der Waals surface area contributed by atoms with Gasteiger partial charge in [0, 0.05) is 29.2 Å². The molecule has 2 aromatic carbocycles. The first-order valence-electron chi connectivity index (χ1n) is 10.2. The van der Waals surface area contributed by atoms with Crippen molar-refractivity contribution in [2.75, 3.05) is 31.6 Å². The second-order valence-corrected chi connectivity index (χ2v) is 12.5. The normalized spacial score (nSPS) is 17.3. The van der Waals surface area contributed by atoms with Gasteiger partial charge in [0.1, 0.15) is 5.75 Å². The van der Waals surface area contributed by atoms with Gasteiger partial charge in [-0.25, -0.2) is 4.74 Å². The fraction of sp³-hybridized carbons (Fsp3) is 0.409. The van der Waals surface area contributed by atoms with Crippen molar-refractivity contribution in [1.29, 1.82) is 0 Å². The highest BCUT2D eigenvalue weighted by atomic mass is 32.1. The van der Waals surface area contributed by atoms with Crippen LogP contribution in [0, 0.1) is 0 Å². The van der Waals surface area contributed by atoms with Crippen molar-refractivity contribution in [3.63, 3.8) is 0 Å². The van der Waals surface area contributed by atoms with Crippen LogP contribution in [0.3, 0.4) is 0 Å². The summed E-state index contributed by atoms with van der Waals surface area (Å²) in [7, 11) is -2.34. The fourth-order valence-electron chi connectivity index (χ4n) is 3.74. The maximum absolute atomic E-state index is 12.4. The Morgan fingerprint density at radius 1 is 1.03 bits per heavy atom. The van der Waals surface area contributed by atoms with E-state index in [-0.39, 0.29) is 16.0 Å². The molecule has 1 fully saturated rings. The highest BCUT2D eigenvalue weighted by Gasteiger charge is 2.42. The zero-order valence-corrected chi connectivity index (χ0v) is 19.9. The molecule has 1 heterocycles. The average Bonchev–Trinajstić information content (AvgIpc) is 2.73. The Labute approximate surface area is 192 Å². The number of hydrogen-bond acceptors (Lipinski definition) is 3. The third-order valence-electron chi connectivity index (χ3n) is 5.02. The molecule has 1 unspecified atom stereocenters. The smallest absolute Gasteiger partial charge is 0.406 e. The number of ether oxygens (including phenoxy) is 2. The fourth-order valence-corrected chi connectivity index (χ4v) is 8.35. The summed E-state index contributed by atoms with van der Waals surface area (Å²) in [6.07, 6.45) is -4.73. The van der Waals surface area contributed by atoms with E-state index in [2.05, 4.69) is 47.6 Å². The van der Waals surface area contributed by atoms with Crippen LogP contribution in [0.25, 0.3) is 0 Å². The van der Waals surface area contributed by atoms with E-state index in [9.17, 15) is 13.2 Å². The van der Waals surface area contributed by atoms with Crippen LogP contribution in [0.15, 0.2) is 59.3 Å². The van der Waals surface area contributed by atoms with Crippen molar-refractivity contribution in [2.45, 2.75) is 32.3 Å². The molecule has 0 radical (unpaired) electrons. The number of halogens is 3. The quantitative estimate of drug-likeness (QED) is 0.435. The van der Waals surface area contributed by atoms with Crippen molar-refractivity contribution < 1.29 is 22.6 Å². The maximum Gasteiger partial charge on any atom is 0.573 e. The lowest BCUT2D eigenvalue weighted by Crippen LogP contribution is -2.43. The number of benzene rings is 2. The largest absolute Gasteiger partial charge is 0.573 e. The van der Waals surface area contributed by atoms with Gasteiger partial charge in [0.25, 0.3) is 0 Å². The molecule has 1 aliphatic rings. The number of thiocarbonyl (C=S) groups is 1. The molecule has 0 aromatic heterocycles. The zero-order chi connectivity index (χ0) is 23.4. The molecule has 1 atom stereocenters. The third-order valence-corrected chi connectivity index (χ3v) is 9.95. The molecule has 32 heavy (non-hydrogen) atoms. The lowest BCUT2D eigenvalue weighted by molar-refractivity contribution is -0.274. The number of alkyl halides is 3.